The lowest BCUT2D eigenvalue weighted by atomic mass is 10.0. The molecule has 112 valence electrons. The number of piperidine rings is 1. The number of likely N-dealkylation sites (tertiary alicyclic amines) is 1. The Morgan fingerprint density at radius 1 is 1.43 bits per heavy atom. The van der Waals surface area contributed by atoms with Crippen LogP contribution in [0.3, 0.4) is 0 Å². The number of nitrogens with one attached hydrogen (secondary N) is 2. The van der Waals surface area contributed by atoms with Gasteiger partial charge in [-0.3, -0.25) is 9.78 Å². The van der Waals surface area contributed by atoms with Gasteiger partial charge in [-0.05, 0) is 37.4 Å². The molecule has 1 fully saturated rings. The maximum absolute atomic E-state index is 12.0. The lowest BCUT2D eigenvalue weighted by Gasteiger charge is -2.30. The third-order valence-electron chi connectivity index (χ3n) is 4.07. The zero-order chi connectivity index (χ0) is 14.7. The van der Waals surface area contributed by atoms with Crippen molar-refractivity contribution in [1.82, 2.24) is 14.9 Å². The standard InChI is InChI=1S/C16H22N4O/c1-12-5-4-9-20(11-12)10-8-17-16-18-14-7-3-2-6-13(14)15(21)19-16/h2-3,6-7,12H,4-5,8-11H2,1H3,(H2,17,18,19,21)/t12-/m0/s1. The number of nitrogens with zero attached hydrogens (tertiary/aromatic N) is 2. The number of para-hydroxylation sites is 1. The van der Waals surface area contributed by atoms with Gasteiger partial charge in [0.25, 0.3) is 5.56 Å². The highest BCUT2D eigenvalue weighted by Gasteiger charge is 2.15. The minimum absolute atomic E-state index is 0.0882. The minimum Gasteiger partial charge on any atom is -0.354 e. The van der Waals surface area contributed by atoms with Crippen molar-refractivity contribution < 1.29 is 0 Å². The number of aromatic nitrogens is 2. The Morgan fingerprint density at radius 3 is 3.14 bits per heavy atom. The Hall–Kier alpha value is -1.88. The molecular weight excluding hydrogens is 264 g/mol. The molecule has 3 rings (SSSR count). The van der Waals surface area contributed by atoms with Crippen LogP contribution in [0.4, 0.5) is 5.95 Å². The fourth-order valence-corrected chi connectivity index (χ4v) is 2.99. The van der Waals surface area contributed by atoms with E-state index in [1.165, 1.54) is 25.9 Å². The van der Waals surface area contributed by atoms with Crippen LogP contribution in [0.15, 0.2) is 29.1 Å². The summed E-state index contributed by atoms with van der Waals surface area (Å²) >= 11 is 0. The van der Waals surface area contributed by atoms with Gasteiger partial charge in [0.1, 0.15) is 0 Å². The van der Waals surface area contributed by atoms with Gasteiger partial charge in [0.05, 0.1) is 10.9 Å². The highest BCUT2D eigenvalue weighted by Crippen LogP contribution is 2.14. The van der Waals surface area contributed by atoms with Crippen LogP contribution in [0, 0.1) is 5.92 Å². The SMILES string of the molecule is C[C@H]1CCCN(CCNc2nc3ccccc3c(=O)[nH]2)C1. The molecule has 2 aromatic rings. The quantitative estimate of drug-likeness (QED) is 0.903. The summed E-state index contributed by atoms with van der Waals surface area (Å²) in [6.45, 7) is 6.44. The fraction of sp³-hybridized carbons (Fsp3) is 0.500. The molecule has 0 amide bonds. The third-order valence-corrected chi connectivity index (χ3v) is 4.07. The largest absolute Gasteiger partial charge is 0.354 e. The van der Waals surface area contributed by atoms with Gasteiger partial charge in [-0.15, -0.1) is 0 Å². The second-order valence-electron chi connectivity index (χ2n) is 5.91. The number of aromatic amines is 1. The van der Waals surface area contributed by atoms with Crippen molar-refractivity contribution in [3.8, 4) is 0 Å². The molecular formula is C16H22N4O. The molecule has 0 aliphatic carbocycles. The Bertz CT molecular complexity index is 667. The first kappa shape index (κ1) is 14.1. The van der Waals surface area contributed by atoms with Gasteiger partial charge >= 0.3 is 0 Å². The topological polar surface area (TPSA) is 61.0 Å². The van der Waals surface area contributed by atoms with E-state index < -0.39 is 0 Å². The van der Waals surface area contributed by atoms with Gasteiger partial charge in [0.15, 0.2) is 0 Å². The van der Waals surface area contributed by atoms with E-state index in [1.54, 1.807) is 6.07 Å². The summed E-state index contributed by atoms with van der Waals surface area (Å²) in [6.07, 6.45) is 2.62. The van der Waals surface area contributed by atoms with Crippen LogP contribution in [-0.4, -0.2) is 41.0 Å². The number of rotatable bonds is 4. The molecule has 5 heteroatoms. The molecule has 1 atom stereocenters. The Balaban J connectivity index is 1.61. The molecule has 1 aromatic carbocycles. The van der Waals surface area contributed by atoms with E-state index in [0.717, 1.165) is 24.5 Å². The summed E-state index contributed by atoms with van der Waals surface area (Å²) in [5.41, 5.74) is 0.644. The summed E-state index contributed by atoms with van der Waals surface area (Å²) in [5, 5.41) is 3.86. The van der Waals surface area contributed by atoms with E-state index >= 15 is 0 Å². The van der Waals surface area contributed by atoms with E-state index in [2.05, 4.69) is 27.1 Å². The molecule has 1 aromatic heterocycles. The summed E-state index contributed by atoms with van der Waals surface area (Å²) in [6, 6.07) is 7.40. The molecule has 1 aliphatic heterocycles. The summed E-state index contributed by atoms with van der Waals surface area (Å²) < 4.78 is 0. The summed E-state index contributed by atoms with van der Waals surface area (Å²) in [5.74, 6) is 1.35. The molecule has 1 aliphatic rings. The maximum atomic E-state index is 12.0. The van der Waals surface area contributed by atoms with Crippen LogP contribution in [-0.2, 0) is 0 Å². The average molecular weight is 286 g/mol. The van der Waals surface area contributed by atoms with E-state index in [4.69, 9.17) is 0 Å². The molecule has 0 bridgehead atoms. The molecule has 5 nitrogen and oxygen atoms in total. The van der Waals surface area contributed by atoms with E-state index in [-0.39, 0.29) is 5.56 Å². The highest BCUT2D eigenvalue weighted by atomic mass is 16.1. The molecule has 0 saturated carbocycles. The van der Waals surface area contributed by atoms with Crippen molar-refractivity contribution in [1.29, 1.82) is 0 Å². The summed E-state index contributed by atoms with van der Waals surface area (Å²) in [7, 11) is 0. The molecule has 1 saturated heterocycles. The monoisotopic (exact) mass is 286 g/mol. The van der Waals surface area contributed by atoms with Crippen molar-refractivity contribution in [2.75, 3.05) is 31.5 Å². The molecule has 0 radical (unpaired) electrons. The van der Waals surface area contributed by atoms with E-state index in [9.17, 15) is 4.79 Å². The van der Waals surface area contributed by atoms with Crippen LogP contribution in [0.2, 0.25) is 0 Å². The predicted molar refractivity (Wildman–Crippen MR) is 85.7 cm³/mol. The Labute approximate surface area is 124 Å². The van der Waals surface area contributed by atoms with Crippen molar-refractivity contribution in [3.63, 3.8) is 0 Å². The lowest BCUT2D eigenvalue weighted by Crippen LogP contribution is -2.37. The lowest BCUT2D eigenvalue weighted by molar-refractivity contribution is 0.190. The van der Waals surface area contributed by atoms with E-state index in [0.29, 0.717) is 11.3 Å². The normalized spacial score (nSPS) is 19.8. The minimum atomic E-state index is -0.0882. The first-order valence-corrected chi connectivity index (χ1v) is 7.67. The smallest absolute Gasteiger partial charge is 0.260 e. The number of hydrogen-bond donors (Lipinski definition) is 2. The first-order chi connectivity index (χ1) is 10.2. The summed E-state index contributed by atoms with van der Waals surface area (Å²) in [4.78, 5) is 21.7. The molecule has 2 heterocycles. The number of hydrogen-bond acceptors (Lipinski definition) is 4. The second-order valence-corrected chi connectivity index (χ2v) is 5.91. The van der Waals surface area contributed by atoms with Gasteiger partial charge < -0.3 is 10.2 Å². The fourth-order valence-electron chi connectivity index (χ4n) is 2.99. The van der Waals surface area contributed by atoms with Gasteiger partial charge in [-0.2, -0.15) is 0 Å². The van der Waals surface area contributed by atoms with Crippen molar-refractivity contribution in [2.45, 2.75) is 19.8 Å². The highest BCUT2D eigenvalue weighted by molar-refractivity contribution is 5.78. The van der Waals surface area contributed by atoms with Crippen LogP contribution in [0.1, 0.15) is 19.8 Å². The molecule has 0 spiro atoms. The molecule has 21 heavy (non-hydrogen) atoms. The van der Waals surface area contributed by atoms with Crippen LogP contribution in [0.25, 0.3) is 10.9 Å². The maximum Gasteiger partial charge on any atom is 0.260 e. The van der Waals surface area contributed by atoms with Crippen LogP contribution >= 0.6 is 0 Å². The van der Waals surface area contributed by atoms with Crippen molar-refractivity contribution in [3.05, 3.63) is 34.6 Å². The molecule has 0 unspecified atom stereocenters. The Kier molecular flexibility index (Phi) is 4.20. The zero-order valence-corrected chi connectivity index (χ0v) is 12.4. The predicted octanol–water partition coefficient (Wildman–Crippen LogP) is 2.07. The first-order valence-electron chi connectivity index (χ1n) is 7.67. The van der Waals surface area contributed by atoms with Crippen molar-refractivity contribution >= 4 is 16.9 Å². The van der Waals surface area contributed by atoms with Gasteiger partial charge in [-0.1, -0.05) is 19.1 Å². The third kappa shape index (κ3) is 3.42. The van der Waals surface area contributed by atoms with E-state index in [1.807, 2.05) is 18.2 Å². The number of H-pyrrole nitrogens is 1. The Morgan fingerprint density at radius 2 is 2.29 bits per heavy atom. The second kappa shape index (κ2) is 6.26. The zero-order valence-electron chi connectivity index (χ0n) is 12.4. The van der Waals surface area contributed by atoms with Gasteiger partial charge in [0.2, 0.25) is 5.95 Å². The number of anilines is 1. The molecule has 2 N–H and O–H groups in total. The van der Waals surface area contributed by atoms with Gasteiger partial charge in [-0.25, -0.2) is 4.98 Å². The van der Waals surface area contributed by atoms with Crippen molar-refractivity contribution in [2.24, 2.45) is 5.92 Å². The van der Waals surface area contributed by atoms with Crippen LogP contribution < -0.4 is 10.9 Å². The van der Waals surface area contributed by atoms with Crippen LogP contribution in [0.5, 0.6) is 0 Å². The average Bonchev–Trinajstić information content (AvgIpc) is 2.47. The van der Waals surface area contributed by atoms with Gasteiger partial charge in [0, 0.05) is 19.6 Å². The number of fused-ring (bicyclic) bond motifs is 1. The number of benzene rings is 1.